The maximum atomic E-state index is 12.5. The van der Waals surface area contributed by atoms with E-state index < -0.39 is 5.97 Å². The van der Waals surface area contributed by atoms with Crippen LogP contribution in [0.4, 0.5) is 4.79 Å². The number of carbonyl (C=O) groups is 4. The van der Waals surface area contributed by atoms with Crippen molar-refractivity contribution in [3.8, 4) is 0 Å². The van der Waals surface area contributed by atoms with Crippen molar-refractivity contribution in [1.29, 1.82) is 0 Å². The van der Waals surface area contributed by atoms with Crippen LogP contribution in [0.15, 0.2) is 59.5 Å². The Hall–Kier alpha value is -3.39. The molecular weight excluding hydrogens is 392 g/mol. The largest absolute Gasteiger partial charge is 0.465 e. The molecule has 0 bridgehead atoms. The number of benzene rings is 2. The van der Waals surface area contributed by atoms with Crippen molar-refractivity contribution in [3.05, 3.63) is 76.2 Å². The summed E-state index contributed by atoms with van der Waals surface area (Å²) in [6.45, 7) is 0.191. The van der Waals surface area contributed by atoms with Crippen LogP contribution in [0.1, 0.15) is 26.3 Å². The van der Waals surface area contributed by atoms with Gasteiger partial charge < -0.3 is 10.1 Å². The van der Waals surface area contributed by atoms with E-state index in [1.807, 2.05) is 30.3 Å². The van der Waals surface area contributed by atoms with Crippen molar-refractivity contribution < 1.29 is 23.9 Å². The summed E-state index contributed by atoms with van der Waals surface area (Å²) in [7, 11) is 1.28. The normalized spacial score (nSPS) is 14.9. The van der Waals surface area contributed by atoms with E-state index in [9.17, 15) is 19.2 Å². The highest BCUT2D eigenvalue weighted by molar-refractivity contribution is 8.18. The van der Waals surface area contributed by atoms with Gasteiger partial charge in [0.1, 0.15) is 0 Å². The minimum Gasteiger partial charge on any atom is -0.465 e. The maximum Gasteiger partial charge on any atom is 0.337 e. The summed E-state index contributed by atoms with van der Waals surface area (Å²) in [6.07, 6.45) is 1.67. The van der Waals surface area contributed by atoms with E-state index in [1.54, 1.807) is 6.08 Å². The lowest BCUT2D eigenvalue weighted by Crippen LogP contribution is -2.37. The highest BCUT2D eigenvalue weighted by Gasteiger charge is 2.34. The van der Waals surface area contributed by atoms with Crippen molar-refractivity contribution >= 4 is 40.9 Å². The number of ether oxygens (including phenoxy) is 1. The Morgan fingerprint density at radius 3 is 2.34 bits per heavy atom. The Morgan fingerprint density at radius 2 is 1.69 bits per heavy atom. The number of esters is 1. The number of thioether (sulfide) groups is 1. The van der Waals surface area contributed by atoms with Crippen molar-refractivity contribution in [2.24, 2.45) is 0 Å². The summed E-state index contributed by atoms with van der Waals surface area (Å²) in [6, 6.07) is 15.3. The number of imide groups is 1. The Balaban J connectivity index is 1.55. The predicted octanol–water partition coefficient (Wildman–Crippen LogP) is 2.94. The second kappa shape index (κ2) is 9.20. The van der Waals surface area contributed by atoms with E-state index in [1.165, 1.54) is 31.4 Å². The smallest absolute Gasteiger partial charge is 0.337 e. The first-order valence-electron chi connectivity index (χ1n) is 8.76. The molecule has 8 heteroatoms. The molecule has 29 heavy (non-hydrogen) atoms. The zero-order chi connectivity index (χ0) is 20.8. The molecule has 0 aliphatic carbocycles. The standard InChI is InChI=1S/C21H18N2O5S/c1-28-20(26)16-9-7-15(8-10-16)18(24)22-11-12-23-19(25)17(29-21(23)27)13-14-5-3-2-4-6-14/h2-10,13H,11-12H2,1H3,(H,22,24)/b17-13-. The van der Waals surface area contributed by atoms with Gasteiger partial charge in [0.15, 0.2) is 0 Å². The SMILES string of the molecule is COC(=O)c1ccc(C(=O)NCCN2C(=O)S/C(=C\c3ccccc3)C2=O)cc1. The maximum absolute atomic E-state index is 12.5. The van der Waals surface area contributed by atoms with Gasteiger partial charge >= 0.3 is 5.97 Å². The highest BCUT2D eigenvalue weighted by atomic mass is 32.2. The van der Waals surface area contributed by atoms with Gasteiger partial charge in [-0.05, 0) is 47.7 Å². The number of rotatable bonds is 6. The quantitative estimate of drug-likeness (QED) is 0.581. The van der Waals surface area contributed by atoms with Gasteiger partial charge in [0.2, 0.25) is 0 Å². The lowest BCUT2D eigenvalue weighted by Gasteiger charge is -2.13. The second-order valence-electron chi connectivity index (χ2n) is 6.07. The molecule has 0 radical (unpaired) electrons. The van der Waals surface area contributed by atoms with Crippen molar-refractivity contribution in [2.75, 3.05) is 20.2 Å². The van der Waals surface area contributed by atoms with E-state index in [-0.39, 0.29) is 30.1 Å². The summed E-state index contributed by atoms with van der Waals surface area (Å²) in [5, 5.41) is 2.30. The number of nitrogens with zero attached hydrogens (tertiary/aromatic N) is 1. The fourth-order valence-corrected chi connectivity index (χ4v) is 3.52. The molecule has 1 saturated heterocycles. The lowest BCUT2D eigenvalue weighted by molar-refractivity contribution is -0.122. The van der Waals surface area contributed by atoms with Gasteiger partial charge in [0.25, 0.3) is 17.1 Å². The number of amides is 3. The molecule has 1 N–H and O–H groups in total. The highest BCUT2D eigenvalue weighted by Crippen LogP contribution is 2.31. The van der Waals surface area contributed by atoms with E-state index >= 15 is 0 Å². The van der Waals surface area contributed by atoms with Crippen LogP contribution in [0.25, 0.3) is 6.08 Å². The minimum absolute atomic E-state index is 0.0722. The molecule has 3 amide bonds. The molecule has 1 fully saturated rings. The summed E-state index contributed by atoms with van der Waals surface area (Å²) in [4.78, 5) is 49.7. The van der Waals surface area contributed by atoms with Crippen molar-refractivity contribution in [3.63, 3.8) is 0 Å². The third-order valence-corrected chi connectivity index (χ3v) is 5.07. The van der Waals surface area contributed by atoms with Crippen LogP contribution in [0.3, 0.4) is 0 Å². The van der Waals surface area contributed by atoms with E-state index in [0.717, 1.165) is 22.2 Å². The molecular formula is C21H18N2O5S. The topological polar surface area (TPSA) is 92.8 Å². The molecule has 0 unspecified atom stereocenters. The van der Waals surface area contributed by atoms with Crippen molar-refractivity contribution in [2.45, 2.75) is 0 Å². The van der Waals surface area contributed by atoms with Gasteiger partial charge in [0, 0.05) is 18.7 Å². The fourth-order valence-electron chi connectivity index (χ4n) is 2.65. The lowest BCUT2D eigenvalue weighted by atomic mass is 10.1. The molecule has 0 aromatic heterocycles. The van der Waals surface area contributed by atoms with E-state index in [2.05, 4.69) is 10.1 Å². The number of methoxy groups -OCH3 is 1. The molecule has 1 aliphatic heterocycles. The summed E-state index contributed by atoms with van der Waals surface area (Å²) in [5.41, 5.74) is 1.53. The van der Waals surface area contributed by atoms with E-state index in [4.69, 9.17) is 0 Å². The van der Waals surface area contributed by atoms with Gasteiger partial charge in [-0.3, -0.25) is 19.3 Å². The van der Waals surface area contributed by atoms with Crippen LogP contribution in [0, 0.1) is 0 Å². The predicted molar refractivity (Wildman–Crippen MR) is 109 cm³/mol. The average molecular weight is 410 g/mol. The van der Waals surface area contributed by atoms with Gasteiger partial charge in [-0.25, -0.2) is 4.79 Å². The summed E-state index contributed by atoms with van der Waals surface area (Å²) < 4.78 is 4.61. The fraction of sp³-hybridized carbons (Fsp3) is 0.143. The Kier molecular flexibility index (Phi) is 6.46. The third kappa shape index (κ3) is 4.91. The summed E-state index contributed by atoms with van der Waals surface area (Å²) >= 11 is 0.880. The van der Waals surface area contributed by atoms with Gasteiger partial charge in [-0.15, -0.1) is 0 Å². The molecule has 0 saturated carbocycles. The van der Waals surface area contributed by atoms with Gasteiger partial charge in [0.05, 0.1) is 17.6 Å². The molecule has 2 aromatic carbocycles. The molecule has 3 rings (SSSR count). The van der Waals surface area contributed by atoms with Crippen LogP contribution >= 0.6 is 11.8 Å². The Bertz CT molecular complexity index is 970. The first-order chi connectivity index (χ1) is 14.0. The van der Waals surface area contributed by atoms with Crippen LogP contribution < -0.4 is 5.32 Å². The van der Waals surface area contributed by atoms with Crippen LogP contribution in [0.2, 0.25) is 0 Å². The van der Waals surface area contributed by atoms with Crippen LogP contribution in [0.5, 0.6) is 0 Å². The number of hydrogen-bond acceptors (Lipinski definition) is 6. The number of hydrogen-bond donors (Lipinski definition) is 1. The van der Waals surface area contributed by atoms with Crippen molar-refractivity contribution in [1.82, 2.24) is 10.2 Å². The zero-order valence-electron chi connectivity index (χ0n) is 15.6. The third-order valence-electron chi connectivity index (χ3n) is 4.16. The Labute approximate surface area is 171 Å². The second-order valence-corrected chi connectivity index (χ2v) is 7.06. The summed E-state index contributed by atoms with van der Waals surface area (Å²) in [5.74, 6) is -1.23. The molecule has 2 aromatic rings. The molecule has 1 aliphatic rings. The van der Waals surface area contributed by atoms with E-state index in [0.29, 0.717) is 16.0 Å². The first-order valence-corrected chi connectivity index (χ1v) is 9.58. The monoisotopic (exact) mass is 410 g/mol. The minimum atomic E-state index is -0.486. The number of carbonyl (C=O) groups excluding carboxylic acids is 4. The molecule has 0 spiro atoms. The molecule has 148 valence electrons. The average Bonchev–Trinajstić information content (AvgIpc) is 3.01. The van der Waals surface area contributed by atoms with Crippen LogP contribution in [-0.4, -0.2) is 48.1 Å². The molecule has 7 nitrogen and oxygen atoms in total. The first kappa shape index (κ1) is 20.3. The number of nitrogens with one attached hydrogen (secondary N) is 1. The zero-order valence-corrected chi connectivity index (χ0v) is 16.4. The Morgan fingerprint density at radius 1 is 1.03 bits per heavy atom. The molecule has 1 heterocycles. The van der Waals surface area contributed by atoms with Gasteiger partial charge in [-0.1, -0.05) is 30.3 Å². The molecule has 0 atom stereocenters. The van der Waals surface area contributed by atoms with Gasteiger partial charge in [-0.2, -0.15) is 0 Å². The van der Waals surface area contributed by atoms with Crippen LogP contribution in [-0.2, 0) is 9.53 Å².